The highest BCUT2D eigenvalue weighted by Gasteiger charge is 2.33. The minimum Gasteiger partial charge on any atom is -0.481 e. The molecule has 0 aromatic rings. The molecule has 0 saturated heterocycles. The van der Waals surface area contributed by atoms with Gasteiger partial charge in [-0.25, -0.2) is 0 Å². The molecular formula is C9H14O4. The number of carbonyl (C=O) groups is 3. The molecule has 0 amide bonds. The van der Waals surface area contributed by atoms with Gasteiger partial charge in [0.25, 0.3) is 0 Å². The molecule has 2 atom stereocenters. The summed E-state index contributed by atoms with van der Waals surface area (Å²) in [6.07, 6.45) is 0.381. The third-order valence-corrected chi connectivity index (χ3v) is 2.07. The van der Waals surface area contributed by atoms with Crippen LogP contribution in [-0.2, 0) is 14.4 Å². The molecule has 0 radical (unpaired) electrons. The summed E-state index contributed by atoms with van der Waals surface area (Å²) in [6.45, 7) is 4.21. The van der Waals surface area contributed by atoms with Crippen molar-refractivity contribution in [1.82, 2.24) is 0 Å². The van der Waals surface area contributed by atoms with Crippen molar-refractivity contribution in [2.45, 2.75) is 27.2 Å². The van der Waals surface area contributed by atoms with Gasteiger partial charge in [-0.2, -0.15) is 0 Å². The zero-order valence-corrected chi connectivity index (χ0v) is 8.03. The Labute approximate surface area is 76.9 Å². The zero-order chi connectivity index (χ0) is 10.6. The van der Waals surface area contributed by atoms with E-state index in [-0.39, 0.29) is 5.78 Å². The zero-order valence-electron chi connectivity index (χ0n) is 8.03. The number of carbonyl (C=O) groups excluding carboxylic acids is 2. The van der Waals surface area contributed by atoms with Gasteiger partial charge >= 0.3 is 5.97 Å². The lowest BCUT2D eigenvalue weighted by molar-refractivity contribution is -0.150. The maximum Gasteiger partial charge on any atom is 0.314 e. The van der Waals surface area contributed by atoms with E-state index in [0.29, 0.717) is 6.42 Å². The van der Waals surface area contributed by atoms with Crippen LogP contribution in [0.25, 0.3) is 0 Å². The summed E-state index contributed by atoms with van der Waals surface area (Å²) >= 11 is 0. The minimum atomic E-state index is -1.21. The Morgan fingerprint density at radius 2 is 1.62 bits per heavy atom. The van der Waals surface area contributed by atoms with Gasteiger partial charge in [0.05, 0.1) is 0 Å². The van der Waals surface area contributed by atoms with Gasteiger partial charge in [0.1, 0.15) is 17.5 Å². The molecule has 13 heavy (non-hydrogen) atoms. The van der Waals surface area contributed by atoms with Crippen LogP contribution in [0.5, 0.6) is 0 Å². The molecule has 0 aliphatic carbocycles. The van der Waals surface area contributed by atoms with Crippen molar-refractivity contribution in [3.63, 3.8) is 0 Å². The van der Waals surface area contributed by atoms with Crippen LogP contribution in [0.3, 0.4) is 0 Å². The molecule has 0 aromatic carbocycles. The van der Waals surface area contributed by atoms with Crippen molar-refractivity contribution < 1.29 is 19.5 Å². The molecule has 1 N–H and O–H groups in total. The average Bonchev–Trinajstić information content (AvgIpc) is 1.97. The molecule has 4 heteroatoms. The van der Waals surface area contributed by atoms with Crippen molar-refractivity contribution in [1.29, 1.82) is 0 Å². The van der Waals surface area contributed by atoms with Crippen molar-refractivity contribution in [2.75, 3.05) is 0 Å². The second-order valence-corrected chi connectivity index (χ2v) is 3.05. The van der Waals surface area contributed by atoms with Crippen molar-refractivity contribution in [3.05, 3.63) is 0 Å². The van der Waals surface area contributed by atoms with E-state index in [4.69, 9.17) is 5.11 Å². The Balaban J connectivity index is 4.80. The molecule has 4 nitrogen and oxygen atoms in total. The Morgan fingerprint density at radius 3 is 1.69 bits per heavy atom. The van der Waals surface area contributed by atoms with Crippen molar-refractivity contribution in [3.8, 4) is 0 Å². The fraction of sp³-hybridized carbons (Fsp3) is 0.667. The number of ketones is 2. The van der Waals surface area contributed by atoms with Gasteiger partial charge < -0.3 is 5.11 Å². The van der Waals surface area contributed by atoms with Crippen LogP contribution in [0.2, 0.25) is 0 Å². The number of aliphatic carboxylic acids is 1. The van der Waals surface area contributed by atoms with Crippen LogP contribution < -0.4 is 0 Å². The Morgan fingerprint density at radius 1 is 1.15 bits per heavy atom. The maximum absolute atomic E-state index is 11.0. The molecule has 0 rings (SSSR count). The summed E-state index contributed by atoms with van der Waals surface area (Å²) in [5.41, 5.74) is 0. The smallest absolute Gasteiger partial charge is 0.314 e. The highest BCUT2D eigenvalue weighted by molar-refractivity contribution is 6.01. The molecule has 0 heterocycles. The molecule has 0 aromatic heterocycles. The van der Waals surface area contributed by atoms with E-state index in [2.05, 4.69) is 0 Å². The number of carboxylic acids is 1. The van der Waals surface area contributed by atoms with Gasteiger partial charge in [0.2, 0.25) is 0 Å². The Kier molecular flexibility index (Phi) is 4.31. The highest BCUT2D eigenvalue weighted by Crippen LogP contribution is 2.18. The number of hydrogen-bond acceptors (Lipinski definition) is 3. The molecule has 0 saturated carbocycles. The van der Waals surface area contributed by atoms with E-state index >= 15 is 0 Å². The third-order valence-electron chi connectivity index (χ3n) is 2.07. The minimum absolute atomic E-state index is 0.245. The SMILES string of the molecule is CCC(C(C)=O)C(C(C)=O)C(=O)O. The highest BCUT2D eigenvalue weighted by atomic mass is 16.4. The predicted molar refractivity (Wildman–Crippen MR) is 46.3 cm³/mol. The van der Waals surface area contributed by atoms with Gasteiger partial charge in [-0.05, 0) is 20.3 Å². The number of Topliss-reactive ketones (excluding diaryl/α,β-unsaturated/α-hetero) is 2. The summed E-state index contributed by atoms with van der Waals surface area (Å²) in [7, 11) is 0. The molecule has 0 aliphatic rings. The van der Waals surface area contributed by atoms with Gasteiger partial charge in [0.15, 0.2) is 0 Å². The normalized spacial score (nSPS) is 14.7. The maximum atomic E-state index is 11.0. The fourth-order valence-electron chi connectivity index (χ4n) is 1.39. The largest absolute Gasteiger partial charge is 0.481 e. The van der Waals surface area contributed by atoms with E-state index in [0.717, 1.165) is 0 Å². The van der Waals surface area contributed by atoms with Gasteiger partial charge in [-0.3, -0.25) is 14.4 Å². The van der Waals surface area contributed by atoms with Crippen LogP contribution in [0, 0.1) is 11.8 Å². The van der Waals surface area contributed by atoms with Gasteiger partial charge in [-0.1, -0.05) is 6.92 Å². The molecule has 0 aliphatic heterocycles. The average molecular weight is 186 g/mol. The molecule has 0 bridgehead atoms. The third kappa shape index (κ3) is 2.97. The monoisotopic (exact) mass is 186 g/mol. The first-order valence-corrected chi connectivity index (χ1v) is 4.15. The summed E-state index contributed by atoms with van der Waals surface area (Å²) in [5.74, 6) is -3.79. The van der Waals surface area contributed by atoms with Crippen molar-refractivity contribution >= 4 is 17.5 Å². The Bertz CT molecular complexity index is 218. The number of hydrogen-bond donors (Lipinski definition) is 1. The quantitative estimate of drug-likeness (QED) is 0.647. The van der Waals surface area contributed by atoms with E-state index in [9.17, 15) is 14.4 Å². The summed E-state index contributed by atoms with van der Waals surface area (Å²) in [6, 6.07) is 0. The standard InChI is InChI=1S/C9H14O4/c1-4-7(5(2)10)8(6(3)11)9(12)13/h7-8H,4H2,1-3H3,(H,12,13). The molecular weight excluding hydrogens is 172 g/mol. The molecule has 0 fully saturated rings. The van der Waals surface area contributed by atoms with E-state index in [1.165, 1.54) is 13.8 Å². The second-order valence-electron chi connectivity index (χ2n) is 3.05. The first kappa shape index (κ1) is 11.8. The summed E-state index contributed by atoms with van der Waals surface area (Å²) in [4.78, 5) is 32.6. The molecule has 2 unspecified atom stereocenters. The lowest BCUT2D eigenvalue weighted by Gasteiger charge is -2.17. The van der Waals surface area contributed by atoms with Gasteiger partial charge in [0, 0.05) is 5.92 Å². The van der Waals surface area contributed by atoms with Crippen LogP contribution in [0.1, 0.15) is 27.2 Å². The van der Waals surface area contributed by atoms with E-state index < -0.39 is 23.6 Å². The van der Waals surface area contributed by atoms with Crippen LogP contribution in [0.4, 0.5) is 0 Å². The second kappa shape index (κ2) is 4.74. The van der Waals surface area contributed by atoms with Crippen LogP contribution in [0.15, 0.2) is 0 Å². The fourth-order valence-corrected chi connectivity index (χ4v) is 1.39. The predicted octanol–water partition coefficient (Wildman–Crippen LogP) is 0.891. The summed E-state index contributed by atoms with van der Waals surface area (Å²) < 4.78 is 0. The Hall–Kier alpha value is -1.19. The molecule has 74 valence electrons. The van der Waals surface area contributed by atoms with Crippen LogP contribution in [-0.4, -0.2) is 22.6 Å². The first-order chi connectivity index (χ1) is 5.91. The molecule has 0 spiro atoms. The lowest BCUT2D eigenvalue weighted by atomic mass is 9.84. The lowest BCUT2D eigenvalue weighted by Crippen LogP contribution is -2.33. The van der Waals surface area contributed by atoms with E-state index in [1.54, 1.807) is 6.92 Å². The van der Waals surface area contributed by atoms with E-state index in [1.807, 2.05) is 0 Å². The number of rotatable bonds is 5. The topological polar surface area (TPSA) is 71.4 Å². The number of carboxylic acid groups (broad SMARTS) is 1. The first-order valence-electron chi connectivity index (χ1n) is 4.15. The van der Waals surface area contributed by atoms with Crippen LogP contribution >= 0.6 is 0 Å². The summed E-state index contributed by atoms with van der Waals surface area (Å²) in [5, 5.41) is 8.72. The van der Waals surface area contributed by atoms with Gasteiger partial charge in [-0.15, -0.1) is 0 Å². The van der Waals surface area contributed by atoms with Crippen molar-refractivity contribution in [2.24, 2.45) is 11.8 Å².